The lowest BCUT2D eigenvalue weighted by atomic mass is 10.1. The van der Waals surface area contributed by atoms with Crippen molar-refractivity contribution in [3.8, 4) is 0 Å². The zero-order valence-electron chi connectivity index (χ0n) is 13.5. The lowest BCUT2D eigenvalue weighted by Gasteiger charge is -2.11. The molecule has 8 heteroatoms. The molecule has 2 rings (SSSR count). The van der Waals surface area contributed by atoms with Crippen LogP contribution < -0.4 is 10.6 Å². The van der Waals surface area contributed by atoms with Crippen molar-refractivity contribution in [1.29, 1.82) is 0 Å². The van der Waals surface area contributed by atoms with Crippen LogP contribution in [-0.2, 0) is 13.6 Å². The van der Waals surface area contributed by atoms with E-state index in [0.717, 1.165) is 16.8 Å². The number of nitrogens with one attached hydrogen (secondary N) is 2. The number of hydrogen-bond donors (Lipinski definition) is 2. The Hall–Kier alpha value is -2.90. The molecular formula is C15H19N5O3. The normalized spacial score (nSPS) is 10.4. The second-order valence-corrected chi connectivity index (χ2v) is 5.40. The molecule has 0 spiro atoms. The van der Waals surface area contributed by atoms with Crippen LogP contribution in [0.3, 0.4) is 0 Å². The third kappa shape index (κ3) is 3.65. The van der Waals surface area contributed by atoms with Crippen LogP contribution in [0, 0.1) is 30.9 Å². The van der Waals surface area contributed by atoms with E-state index in [-0.39, 0.29) is 5.69 Å². The highest BCUT2D eigenvalue weighted by atomic mass is 16.6. The van der Waals surface area contributed by atoms with Gasteiger partial charge in [0.2, 0.25) is 0 Å². The van der Waals surface area contributed by atoms with E-state index in [4.69, 9.17) is 0 Å². The van der Waals surface area contributed by atoms with Gasteiger partial charge in [-0.05, 0) is 32.4 Å². The molecule has 23 heavy (non-hydrogen) atoms. The van der Waals surface area contributed by atoms with Gasteiger partial charge in [-0.15, -0.1) is 0 Å². The predicted octanol–water partition coefficient (Wildman–Crippen LogP) is 2.58. The van der Waals surface area contributed by atoms with Crippen LogP contribution in [0.25, 0.3) is 0 Å². The van der Waals surface area contributed by atoms with E-state index in [9.17, 15) is 14.9 Å². The molecule has 0 unspecified atom stereocenters. The molecule has 0 saturated carbocycles. The number of nitro groups is 1. The molecule has 1 heterocycles. The van der Waals surface area contributed by atoms with Gasteiger partial charge in [-0.2, -0.15) is 5.10 Å². The number of carbonyl (C=O) groups excluding carboxylic acids is 1. The zero-order chi connectivity index (χ0) is 17.1. The second-order valence-electron chi connectivity index (χ2n) is 5.40. The molecule has 8 nitrogen and oxygen atoms in total. The predicted molar refractivity (Wildman–Crippen MR) is 86.4 cm³/mol. The average Bonchev–Trinajstić information content (AvgIpc) is 2.79. The van der Waals surface area contributed by atoms with Crippen LogP contribution >= 0.6 is 0 Å². The fourth-order valence-electron chi connectivity index (χ4n) is 2.23. The largest absolute Gasteiger partial charge is 0.334 e. The molecule has 0 atom stereocenters. The highest BCUT2D eigenvalue weighted by molar-refractivity contribution is 5.90. The molecule has 0 radical (unpaired) electrons. The summed E-state index contributed by atoms with van der Waals surface area (Å²) in [5.74, 6) is 0. The Morgan fingerprint density at radius 2 is 2.00 bits per heavy atom. The molecule has 1 aromatic heterocycles. The minimum atomic E-state index is -0.461. The molecule has 0 saturated heterocycles. The molecule has 0 aliphatic heterocycles. The number of anilines is 1. The molecule has 0 aliphatic rings. The Labute approximate surface area is 133 Å². The Morgan fingerprint density at radius 3 is 2.57 bits per heavy atom. The van der Waals surface area contributed by atoms with Gasteiger partial charge in [-0.3, -0.25) is 14.8 Å². The maximum absolute atomic E-state index is 12.0. The molecule has 1 aromatic carbocycles. The van der Waals surface area contributed by atoms with Crippen molar-refractivity contribution >= 4 is 17.4 Å². The van der Waals surface area contributed by atoms with E-state index >= 15 is 0 Å². The Morgan fingerprint density at radius 1 is 1.30 bits per heavy atom. The van der Waals surface area contributed by atoms with Crippen molar-refractivity contribution in [3.63, 3.8) is 0 Å². The number of carbonyl (C=O) groups is 1. The van der Waals surface area contributed by atoms with E-state index < -0.39 is 11.0 Å². The fourth-order valence-corrected chi connectivity index (χ4v) is 2.23. The van der Waals surface area contributed by atoms with Gasteiger partial charge in [0.1, 0.15) is 0 Å². The third-order valence-corrected chi connectivity index (χ3v) is 3.76. The van der Waals surface area contributed by atoms with Crippen LogP contribution in [-0.4, -0.2) is 20.7 Å². The van der Waals surface area contributed by atoms with Gasteiger partial charge in [-0.1, -0.05) is 0 Å². The Balaban J connectivity index is 2.07. The summed E-state index contributed by atoms with van der Waals surface area (Å²) in [7, 11) is 1.83. The summed E-state index contributed by atoms with van der Waals surface area (Å²) in [6, 6.07) is 2.63. The average molecular weight is 317 g/mol. The maximum atomic E-state index is 12.0. The number of nitro benzene ring substituents is 1. The van der Waals surface area contributed by atoms with E-state index in [1.54, 1.807) is 30.8 Å². The molecule has 0 bridgehead atoms. The van der Waals surface area contributed by atoms with E-state index in [2.05, 4.69) is 15.7 Å². The first-order valence-corrected chi connectivity index (χ1v) is 7.07. The highest BCUT2D eigenvalue weighted by Crippen LogP contribution is 2.26. The van der Waals surface area contributed by atoms with E-state index in [0.29, 0.717) is 17.8 Å². The van der Waals surface area contributed by atoms with Gasteiger partial charge >= 0.3 is 6.03 Å². The summed E-state index contributed by atoms with van der Waals surface area (Å²) in [5.41, 5.74) is 3.60. The Kier molecular flexibility index (Phi) is 4.63. The van der Waals surface area contributed by atoms with Gasteiger partial charge in [-0.25, -0.2) is 4.79 Å². The number of hydrogen-bond acceptors (Lipinski definition) is 4. The van der Waals surface area contributed by atoms with Crippen molar-refractivity contribution in [2.24, 2.45) is 7.05 Å². The molecule has 2 aromatic rings. The maximum Gasteiger partial charge on any atom is 0.319 e. The second kappa shape index (κ2) is 6.47. The van der Waals surface area contributed by atoms with Gasteiger partial charge in [0.15, 0.2) is 0 Å². The standard InChI is InChI=1S/C15H19N5O3/c1-9-5-10(2)14(20(22)23)6-13(9)18-15(21)16-7-12-8-17-19(4)11(12)3/h5-6,8H,7H2,1-4H3,(H2,16,18,21). The highest BCUT2D eigenvalue weighted by Gasteiger charge is 2.15. The number of nitrogens with zero attached hydrogens (tertiary/aromatic N) is 3. The number of amides is 2. The molecule has 122 valence electrons. The number of aromatic nitrogens is 2. The number of benzene rings is 1. The lowest BCUT2D eigenvalue weighted by Crippen LogP contribution is -2.28. The van der Waals surface area contributed by atoms with Crippen LogP contribution in [0.15, 0.2) is 18.3 Å². The topological polar surface area (TPSA) is 102 Å². The summed E-state index contributed by atoms with van der Waals surface area (Å²) in [4.78, 5) is 22.5. The van der Waals surface area contributed by atoms with Crippen molar-refractivity contribution in [3.05, 3.63) is 50.8 Å². The summed E-state index contributed by atoms with van der Waals surface area (Å²) in [6.45, 7) is 5.70. The van der Waals surface area contributed by atoms with Crippen LogP contribution in [0.1, 0.15) is 22.4 Å². The number of rotatable bonds is 4. The van der Waals surface area contributed by atoms with Crippen molar-refractivity contribution < 1.29 is 9.72 Å². The number of urea groups is 1. The Bertz CT molecular complexity index is 767. The molecule has 2 N–H and O–H groups in total. The van der Waals surface area contributed by atoms with Crippen molar-refractivity contribution in [2.75, 3.05) is 5.32 Å². The van der Waals surface area contributed by atoms with Crippen LogP contribution in [0.2, 0.25) is 0 Å². The van der Waals surface area contributed by atoms with Crippen LogP contribution in [0.5, 0.6) is 0 Å². The van der Waals surface area contributed by atoms with Gasteiger partial charge < -0.3 is 10.6 Å². The van der Waals surface area contributed by atoms with E-state index in [1.807, 2.05) is 14.0 Å². The zero-order valence-corrected chi connectivity index (χ0v) is 13.5. The van der Waals surface area contributed by atoms with Crippen LogP contribution in [0.4, 0.5) is 16.2 Å². The molecular weight excluding hydrogens is 298 g/mol. The summed E-state index contributed by atoms with van der Waals surface area (Å²) in [6.07, 6.45) is 1.69. The lowest BCUT2D eigenvalue weighted by molar-refractivity contribution is -0.385. The molecule has 2 amide bonds. The van der Waals surface area contributed by atoms with Gasteiger partial charge in [0.25, 0.3) is 5.69 Å². The first-order chi connectivity index (χ1) is 10.8. The molecule has 0 aliphatic carbocycles. The summed E-state index contributed by atoms with van der Waals surface area (Å²) >= 11 is 0. The molecule has 0 fully saturated rings. The van der Waals surface area contributed by atoms with Gasteiger partial charge in [0, 0.05) is 36.5 Å². The summed E-state index contributed by atoms with van der Waals surface area (Å²) < 4.78 is 1.72. The van der Waals surface area contributed by atoms with E-state index in [1.165, 1.54) is 6.07 Å². The number of aryl methyl sites for hydroxylation is 3. The quantitative estimate of drug-likeness (QED) is 0.668. The minimum absolute atomic E-state index is 0.0194. The first kappa shape index (κ1) is 16.5. The minimum Gasteiger partial charge on any atom is -0.334 e. The smallest absolute Gasteiger partial charge is 0.319 e. The van der Waals surface area contributed by atoms with Gasteiger partial charge in [0.05, 0.1) is 16.8 Å². The summed E-state index contributed by atoms with van der Waals surface area (Å²) in [5, 5.41) is 20.5. The van der Waals surface area contributed by atoms with Crippen molar-refractivity contribution in [2.45, 2.75) is 27.3 Å². The SMILES string of the molecule is Cc1cc(C)c([N+](=O)[O-])cc1NC(=O)NCc1cnn(C)c1C. The first-order valence-electron chi connectivity index (χ1n) is 7.07. The fraction of sp³-hybridized carbons (Fsp3) is 0.333. The third-order valence-electron chi connectivity index (χ3n) is 3.76. The van der Waals surface area contributed by atoms with Crippen molar-refractivity contribution in [1.82, 2.24) is 15.1 Å². The monoisotopic (exact) mass is 317 g/mol.